The average Bonchev–Trinajstić information content (AvgIpc) is 1.76. The number of carbonyl (C=O) groups is 15. The first-order valence-electron chi connectivity index (χ1n) is 39.3. The van der Waals surface area contributed by atoms with Crippen LogP contribution < -0.4 is 92.9 Å². The quantitative estimate of drug-likeness (QED) is 0.0259. The van der Waals surface area contributed by atoms with Gasteiger partial charge in [-0.3, -0.25) is 71.9 Å². The molecule has 3 aromatic rings. The first kappa shape index (κ1) is 93.3. The van der Waals surface area contributed by atoms with Gasteiger partial charge in [-0.1, -0.05) is 84.7 Å². The van der Waals surface area contributed by atoms with E-state index in [1.807, 2.05) is 52.0 Å². The maximum Gasteiger partial charge on any atom is 0.245 e. The molecule has 2 aromatic carbocycles. The van der Waals surface area contributed by atoms with E-state index in [4.69, 9.17) is 34.4 Å². The number of carbonyl (C=O) groups excluding carboxylic acids is 15. The lowest BCUT2D eigenvalue weighted by Crippen LogP contribution is -2.60. The number of hydrogen-bond donors (Lipinski definition) is 19. The molecule has 13 atom stereocenters. The van der Waals surface area contributed by atoms with E-state index in [0.717, 1.165) is 16.5 Å². The minimum Gasteiger partial charge on any atom is -0.508 e. The number of phenols is 1. The van der Waals surface area contributed by atoms with E-state index >= 15 is 0 Å². The molecule has 113 heavy (non-hydrogen) atoms. The van der Waals surface area contributed by atoms with Crippen molar-refractivity contribution in [2.45, 2.75) is 243 Å². The van der Waals surface area contributed by atoms with E-state index in [-0.39, 0.29) is 95.1 Å². The number of nitrogens with zero attached hydrogens (tertiary/aromatic N) is 2. The molecule has 36 heteroatoms. The van der Waals surface area contributed by atoms with Crippen LogP contribution in [0.2, 0.25) is 0 Å². The molecule has 2 aliphatic rings. The summed E-state index contributed by atoms with van der Waals surface area (Å²) in [6.07, 6.45) is 5.86. The van der Waals surface area contributed by atoms with Gasteiger partial charge in [0.05, 0.1) is 25.6 Å². The summed E-state index contributed by atoms with van der Waals surface area (Å²) in [6, 6.07) is -1.79. The molecular formula is C77H122N20O16. The molecule has 0 radical (unpaired) electrons. The summed E-state index contributed by atoms with van der Waals surface area (Å²) in [7, 11) is 0. The predicted molar refractivity (Wildman–Crippen MR) is 420 cm³/mol. The number of aromatic nitrogens is 1. The van der Waals surface area contributed by atoms with Gasteiger partial charge >= 0.3 is 0 Å². The summed E-state index contributed by atoms with van der Waals surface area (Å²) >= 11 is 0. The molecule has 0 bridgehead atoms. The van der Waals surface area contributed by atoms with Crippen molar-refractivity contribution >= 4 is 99.5 Å². The number of unbranched alkanes of at least 4 members (excludes halogenated alkanes) is 3. The number of hydrogen-bond acceptors (Lipinski definition) is 20. The molecule has 2 saturated heterocycles. The Bertz CT molecular complexity index is 3730. The molecule has 1 aromatic heterocycles. The van der Waals surface area contributed by atoms with E-state index in [2.05, 4.69) is 63.5 Å². The van der Waals surface area contributed by atoms with Gasteiger partial charge in [0.25, 0.3) is 0 Å². The Balaban J connectivity index is 1.23. The number of phenolic OH excluding ortho intramolecular Hbond substituents is 1. The first-order valence-corrected chi connectivity index (χ1v) is 39.3. The second-order valence-corrected chi connectivity index (χ2v) is 30.2. The van der Waals surface area contributed by atoms with Gasteiger partial charge < -0.3 is 113 Å². The third kappa shape index (κ3) is 30.3. The van der Waals surface area contributed by atoms with Crippen LogP contribution in [0, 0.1) is 17.8 Å². The molecule has 0 unspecified atom stereocenters. The number of benzene rings is 2. The van der Waals surface area contributed by atoms with E-state index in [9.17, 15) is 77.0 Å². The summed E-state index contributed by atoms with van der Waals surface area (Å²) in [6.45, 7) is 12.0. The van der Waals surface area contributed by atoms with Gasteiger partial charge in [0.15, 0.2) is 0 Å². The standard InChI is InChI=1S/C77H122N20O16/c1-8-45(6)65(75(111)86-42-64(101)89-56(35-43(2)3)71(107)91-55(66(83)102)38-48-40-84-52-21-10-9-19-50(48)52)95-74(110)61-25-18-34-97(61)77(113)59(36-44(4)5)94-69(105)54(23-13-16-32-80)88-63(100)41-85-68(104)53(22-12-15-31-79)90-72(108)57(37-47-26-28-49(98)29-27-47)92-67(103)46(7)87-70(106)58(39-62(82)99)93-73(109)60-24-17-33-96(60)76(112)51(81)20-11-14-30-78/h9-10,19,21,26-29,40,43-46,51,53-61,65,84,98H,8,11-18,20,22-25,30-39,41-42,78-81H2,1-7H3,(H2,82,99)(H2,83,102)(H,85,104)(H,86,111)(H,87,106)(H,88,100)(H,89,101)(H,90,108)(H,91,107)(H,92,103)(H,93,109)(H,94,105)(H,95,110)/t45-,46-,51-,53-,54-,55-,56-,57-,58-,59-,60-,61-,65-/m0/s1. The Labute approximate surface area is 659 Å². The van der Waals surface area contributed by atoms with Crippen LogP contribution in [0.15, 0.2) is 54.7 Å². The minimum atomic E-state index is -1.61. The summed E-state index contributed by atoms with van der Waals surface area (Å²) in [5.41, 5.74) is 36.7. The van der Waals surface area contributed by atoms with Crippen LogP contribution >= 0.6 is 0 Å². The lowest BCUT2D eigenvalue weighted by Gasteiger charge is -2.32. The van der Waals surface area contributed by atoms with Crippen LogP contribution in [-0.2, 0) is 84.8 Å². The Hall–Kier alpha value is -10.3. The van der Waals surface area contributed by atoms with Crippen molar-refractivity contribution < 1.29 is 77.0 Å². The Kier molecular flexibility index (Phi) is 39.0. The Morgan fingerprint density at radius 1 is 0.504 bits per heavy atom. The van der Waals surface area contributed by atoms with E-state index in [1.165, 1.54) is 41.0 Å². The van der Waals surface area contributed by atoms with Crippen molar-refractivity contribution in [3.05, 3.63) is 65.9 Å². The fourth-order valence-electron chi connectivity index (χ4n) is 13.6. The van der Waals surface area contributed by atoms with Crippen LogP contribution in [0.1, 0.15) is 169 Å². The molecular weight excluding hydrogens is 1460 g/mol. The summed E-state index contributed by atoms with van der Waals surface area (Å²) < 4.78 is 0. The lowest BCUT2D eigenvalue weighted by atomic mass is 9.97. The van der Waals surface area contributed by atoms with Crippen LogP contribution in [-0.4, -0.2) is 227 Å². The van der Waals surface area contributed by atoms with Gasteiger partial charge in [-0.15, -0.1) is 0 Å². The molecule has 5 rings (SSSR count). The highest BCUT2D eigenvalue weighted by atomic mass is 16.3. The normalized spacial score (nSPS) is 17.0. The van der Waals surface area contributed by atoms with Crippen LogP contribution in [0.25, 0.3) is 10.9 Å². The Morgan fingerprint density at radius 3 is 1.56 bits per heavy atom. The number of fused-ring (bicyclic) bond motifs is 1. The molecule has 15 amide bonds. The van der Waals surface area contributed by atoms with E-state index < -0.39 is 187 Å². The van der Waals surface area contributed by atoms with Crippen molar-refractivity contribution in [3.8, 4) is 5.75 Å². The number of nitrogens with one attached hydrogen (secondary N) is 12. The van der Waals surface area contributed by atoms with Gasteiger partial charge in [0.1, 0.15) is 72.2 Å². The largest absolute Gasteiger partial charge is 0.508 e. The number of aromatic amines is 1. The molecule has 25 N–H and O–H groups in total. The Morgan fingerprint density at radius 2 is 0.991 bits per heavy atom. The SMILES string of the molecule is CC[C@H](C)[C@H](NC(=O)[C@@H]1CCCN1C(=O)[C@H](CC(C)C)NC(=O)[C@H](CCCCN)NC(=O)CNC(=O)[C@H](CCCCN)NC(=O)[C@H](Cc1ccc(O)cc1)NC(=O)[C@H](C)NC(=O)[C@H](CC(N)=O)NC(=O)[C@@H]1CCCN1C(=O)[C@@H](N)CCCCN)C(=O)NCC(=O)N[C@@H](CC(C)C)C(=O)N[C@@H](Cc1c[nH]c2ccccc12)C(N)=O. The van der Waals surface area contributed by atoms with Gasteiger partial charge in [0, 0.05) is 43.0 Å². The van der Waals surface area contributed by atoms with Crippen molar-refractivity contribution in [1.29, 1.82) is 0 Å². The highest BCUT2D eigenvalue weighted by Gasteiger charge is 2.42. The van der Waals surface area contributed by atoms with E-state index in [1.54, 1.807) is 20.0 Å². The summed E-state index contributed by atoms with van der Waals surface area (Å²) in [4.78, 5) is 213. The van der Waals surface area contributed by atoms with Crippen LogP contribution in [0.3, 0.4) is 0 Å². The average molecular weight is 1580 g/mol. The molecule has 0 spiro atoms. The van der Waals surface area contributed by atoms with Crippen LogP contribution in [0.5, 0.6) is 5.75 Å². The lowest BCUT2D eigenvalue weighted by molar-refractivity contribution is -0.143. The first-order chi connectivity index (χ1) is 53.7. The van der Waals surface area contributed by atoms with Gasteiger partial charge in [-0.05, 0) is 164 Å². The second-order valence-electron chi connectivity index (χ2n) is 30.2. The second kappa shape index (κ2) is 47.3. The number of likely N-dealkylation sites (tertiary alicyclic amines) is 2. The zero-order valence-electron chi connectivity index (χ0n) is 66.2. The van der Waals surface area contributed by atoms with Crippen LogP contribution in [0.4, 0.5) is 0 Å². The molecule has 0 saturated carbocycles. The number of primary amides is 2. The van der Waals surface area contributed by atoms with Crippen molar-refractivity contribution in [1.82, 2.24) is 73.3 Å². The third-order valence-corrected chi connectivity index (χ3v) is 20.0. The number of H-pyrrole nitrogens is 1. The van der Waals surface area contributed by atoms with Crippen molar-refractivity contribution in [2.24, 2.45) is 52.2 Å². The fraction of sp³-hybridized carbons (Fsp3) is 0.623. The van der Waals surface area contributed by atoms with Crippen molar-refractivity contribution in [2.75, 3.05) is 45.8 Å². The van der Waals surface area contributed by atoms with Crippen molar-refractivity contribution in [3.63, 3.8) is 0 Å². The smallest absolute Gasteiger partial charge is 0.245 e. The number of para-hydroxylation sites is 1. The minimum absolute atomic E-state index is 0.0194. The number of rotatable bonds is 49. The zero-order valence-corrected chi connectivity index (χ0v) is 66.2. The number of amides is 15. The highest BCUT2D eigenvalue weighted by Crippen LogP contribution is 2.25. The number of nitrogens with two attached hydrogens (primary N) is 6. The molecule has 2 aliphatic heterocycles. The maximum absolute atomic E-state index is 14.8. The van der Waals surface area contributed by atoms with Gasteiger partial charge in [-0.2, -0.15) is 0 Å². The molecule has 0 aliphatic carbocycles. The van der Waals surface area contributed by atoms with Gasteiger partial charge in [0.2, 0.25) is 88.6 Å². The number of aromatic hydroxyl groups is 1. The van der Waals surface area contributed by atoms with E-state index in [0.29, 0.717) is 76.3 Å². The molecule has 2 fully saturated rings. The third-order valence-electron chi connectivity index (χ3n) is 20.0. The maximum atomic E-state index is 14.8. The molecule has 626 valence electrons. The monoisotopic (exact) mass is 1580 g/mol. The topological polar surface area (TPSA) is 587 Å². The van der Waals surface area contributed by atoms with Gasteiger partial charge in [-0.25, -0.2) is 0 Å². The molecule has 36 nitrogen and oxygen atoms in total. The predicted octanol–water partition coefficient (Wildman–Crippen LogP) is -2.53. The highest BCUT2D eigenvalue weighted by molar-refractivity contribution is 6.01. The summed E-state index contributed by atoms with van der Waals surface area (Å²) in [5.74, 6) is -12.5. The summed E-state index contributed by atoms with van der Waals surface area (Å²) in [5, 5.41) is 39.9. The molecule has 3 heterocycles. The fourth-order valence-corrected chi connectivity index (χ4v) is 13.6. The zero-order chi connectivity index (χ0) is 83.6.